The maximum atomic E-state index is 13.3. The van der Waals surface area contributed by atoms with Crippen molar-refractivity contribution in [1.82, 2.24) is 20.9 Å². The number of aromatic amines is 1. The zero-order chi connectivity index (χ0) is 29.1. The summed E-state index contributed by atoms with van der Waals surface area (Å²) < 4.78 is 0. The Hall–Kier alpha value is -3.58. The molecule has 0 saturated heterocycles. The second-order valence-corrected chi connectivity index (χ2v) is 10.4. The van der Waals surface area contributed by atoms with Gasteiger partial charge in [0.25, 0.3) is 0 Å². The number of benzene rings is 1. The lowest BCUT2D eigenvalue weighted by molar-refractivity contribution is -0.147. The van der Waals surface area contributed by atoms with Crippen LogP contribution in [-0.2, 0) is 30.4 Å². The highest BCUT2D eigenvalue weighted by Crippen LogP contribution is 2.19. The number of carboxylic acids is 2. The maximum absolute atomic E-state index is 13.3. The van der Waals surface area contributed by atoms with Crippen molar-refractivity contribution in [2.45, 2.75) is 63.7 Å². The number of carboxylic acid groups (broad SMARTS) is 2. The van der Waals surface area contributed by atoms with Gasteiger partial charge in [0.1, 0.15) is 18.1 Å². The standard InChI is InChI=1S/C26H37N5O7S/c1-4-14(2)22(31-23(34)17(27)11-15-13-28-18-8-6-5-7-16(15)18)25(36)29-19(9-10-39-3)24(35)30-20(26(37)38)12-21(32)33/h5-8,13-14,17,19-20,22,28H,4,9-12,27H2,1-3H3,(H,29,36)(H,30,35)(H,31,34)(H,32,33)(H,37,38). The van der Waals surface area contributed by atoms with Gasteiger partial charge in [-0.1, -0.05) is 38.5 Å². The number of aromatic nitrogens is 1. The van der Waals surface area contributed by atoms with E-state index in [1.165, 1.54) is 11.8 Å². The fraction of sp³-hybridized carbons (Fsp3) is 0.500. The van der Waals surface area contributed by atoms with Crippen molar-refractivity contribution in [3.63, 3.8) is 0 Å². The number of carbonyl (C=O) groups excluding carboxylic acids is 3. The molecule has 0 bridgehead atoms. The molecule has 1 aromatic heterocycles. The molecule has 0 saturated carbocycles. The molecule has 5 unspecified atom stereocenters. The molecule has 0 aliphatic carbocycles. The van der Waals surface area contributed by atoms with Crippen molar-refractivity contribution < 1.29 is 34.2 Å². The number of nitrogens with one attached hydrogen (secondary N) is 4. The van der Waals surface area contributed by atoms with E-state index in [9.17, 15) is 29.1 Å². The van der Waals surface area contributed by atoms with Crippen molar-refractivity contribution in [2.75, 3.05) is 12.0 Å². The third kappa shape index (κ3) is 9.29. The van der Waals surface area contributed by atoms with E-state index >= 15 is 0 Å². The Morgan fingerprint density at radius 1 is 1.00 bits per heavy atom. The number of para-hydroxylation sites is 1. The molecule has 1 aromatic carbocycles. The lowest BCUT2D eigenvalue weighted by Gasteiger charge is -2.28. The highest BCUT2D eigenvalue weighted by molar-refractivity contribution is 7.98. The summed E-state index contributed by atoms with van der Waals surface area (Å²) >= 11 is 1.42. The Balaban J connectivity index is 2.14. The van der Waals surface area contributed by atoms with Crippen LogP contribution >= 0.6 is 11.8 Å². The zero-order valence-corrected chi connectivity index (χ0v) is 23.0. The Labute approximate surface area is 230 Å². The van der Waals surface area contributed by atoms with Crippen molar-refractivity contribution in [3.05, 3.63) is 36.0 Å². The number of fused-ring (bicyclic) bond motifs is 1. The molecule has 0 fully saturated rings. The van der Waals surface area contributed by atoms with E-state index < -0.39 is 60.2 Å². The number of rotatable bonds is 16. The largest absolute Gasteiger partial charge is 0.481 e. The fourth-order valence-corrected chi connectivity index (χ4v) is 4.48. The van der Waals surface area contributed by atoms with Gasteiger partial charge in [-0.15, -0.1) is 0 Å². The van der Waals surface area contributed by atoms with Crippen LogP contribution in [0.4, 0.5) is 0 Å². The lowest BCUT2D eigenvalue weighted by atomic mass is 9.96. The molecule has 5 atom stereocenters. The molecule has 2 aromatic rings. The van der Waals surface area contributed by atoms with Gasteiger partial charge in [0, 0.05) is 17.1 Å². The molecular weight excluding hydrogens is 526 g/mol. The number of aliphatic carboxylic acids is 2. The van der Waals surface area contributed by atoms with Crippen molar-refractivity contribution in [1.29, 1.82) is 0 Å². The number of nitrogens with two attached hydrogens (primary N) is 1. The van der Waals surface area contributed by atoms with E-state index in [0.29, 0.717) is 12.2 Å². The molecule has 0 aliphatic heterocycles. The molecule has 1 heterocycles. The van der Waals surface area contributed by atoms with Gasteiger partial charge in [-0.25, -0.2) is 4.79 Å². The number of thioether (sulfide) groups is 1. The van der Waals surface area contributed by atoms with E-state index in [4.69, 9.17) is 10.8 Å². The average Bonchev–Trinajstić information content (AvgIpc) is 3.30. The Kier molecular flexibility index (Phi) is 12.3. The summed E-state index contributed by atoms with van der Waals surface area (Å²) in [6.07, 6.45) is 3.73. The minimum absolute atomic E-state index is 0.166. The first-order chi connectivity index (χ1) is 18.5. The summed E-state index contributed by atoms with van der Waals surface area (Å²) in [6.45, 7) is 3.63. The highest BCUT2D eigenvalue weighted by Gasteiger charge is 2.33. The monoisotopic (exact) mass is 563 g/mol. The smallest absolute Gasteiger partial charge is 0.326 e. The highest BCUT2D eigenvalue weighted by atomic mass is 32.2. The summed E-state index contributed by atoms with van der Waals surface area (Å²) in [4.78, 5) is 64.7. The second-order valence-electron chi connectivity index (χ2n) is 9.38. The average molecular weight is 564 g/mol. The van der Waals surface area contributed by atoms with Crippen LogP contribution in [0.15, 0.2) is 30.5 Å². The first kappa shape index (κ1) is 31.6. The molecule has 13 heteroatoms. The molecule has 39 heavy (non-hydrogen) atoms. The quantitative estimate of drug-likeness (QED) is 0.154. The van der Waals surface area contributed by atoms with Gasteiger partial charge in [0.15, 0.2) is 0 Å². The molecule has 3 amide bonds. The van der Waals surface area contributed by atoms with Crippen molar-refractivity contribution >= 4 is 52.3 Å². The first-order valence-corrected chi connectivity index (χ1v) is 14.0. The molecule has 2 rings (SSSR count). The minimum Gasteiger partial charge on any atom is -0.481 e. The summed E-state index contributed by atoms with van der Waals surface area (Å²) in [7, 11) is 0. The van der Waals surface area contributed by atoms with Crippen molar-refractivity contribution in [2.24, 2.45) is 11.7 Å². The van der Waals surface area contributed by atoms with Crippen LogP contribution in [0.2, 0.25) is 0 Å². The molecular formula is C26H37N5O7S. The van der Waals surface area contributed by atoms with Gasteiger partial charge in [0.2, 0.25) is 17.7 Å². The molecule has 8 N–H and O–H groups in total. The fourth-order valence-electron chi connectivity index (χ4n) is 4.01. The predicted molar refractivity (Wildman–Crippen MR) is 148 cm³/mol. The maximum Gasteiger partial charge on any atom is 0.326 e. The number of hydrogen-bond donors (Lipinski definition) is 7. The lowest BCUT2D eigenvalue weighted by Crippen LogP contribution is -2.59. The molecule has 214 valence electrons. The van der Waals surface area contributed by atoms with Crippen LogP contribution in [0.3, 0.4) is 0 Å². The molecule has 0 spiro atoms. The van der Waals surface area contributed by atoms with Gasteiger partial charge in [-0.05, 0) is 42.4 Å². The Morgan fingerprint density at radius 3 is 2.28 bits per heavy atom. The van der Waals surface area contributed by atoms with E-state index in [0.717, 1.165) is 16.5 Å². The van der Waals surface area contributed by atoms with Gasteiger partial charge < -0.3 is 36.9 Å². The predicted octanol–water partition coefficient (Wildman–Crippen LogP) is 0.851. The van der Waals surface area contributed by atoms with Crippen LogP contribution in [0.25, 0.3) is 10.9 Å². The summed E-state index contributed by atoms with van der Waals surface area (Å²) in [5.41, 5.74) is 7.98. The van der Waals surface area contributed by atoms with Crippen LogP contribution in [0.5, 0.6) is 0 Å². The van der Waals surface area contributed by atoms with E-state index in [2.05, 4.69) is 20.9 Å². The Bertz CT molecular complexity index is 1170. The number of carbonyl (C=O) groups is 5. The summed E-state index contributed by atoms with van der Waals surface area (Å²) in [6, 6.07) is 2.88. The third-order valence-corrected chi connectivity index (χ3v) is 7.13. The van der Waals surface area contributed by atoms with Crippen LogP contribution in [0.1, 0.15) is 38.7 Å². The number of amides is 3. The Morgan fingerprint density at radius 2 is 1.67 bits per heavy atom. The molecule has 0 radical (unpaired) electrons. The van der Waals surface area contributed by atoms with Gasteiger partial charge in [-0.3, -0.25) is 19.2 Å². The normalized spacial score (nSPS) is 15.0. The number of hydrogen-bond acceptors (Lipinski definition) is 7. The minimum atomic E-state index is -1.66. The number of H-pyrrole nitrogens is 1. The molecule has 0 aliphatic rings. The van der Waals surface area contributed by atoms with Crippen LogP contribution in [-0.4, -0.2) is 81.0 Å². The summed E-state index contributed by atoms with van der Waals surface area (Å²) in [5, 5.41) is 26.7. The SMILES string of the molecule is CCC(C)C(NC(=O)C(N)Cc1c[nH]c2ccccc12)C(=O)NC(CCSC)C(=O)NC(CC(=O)O)C(=O)O. The van der Waals surface area contributed by atoms with E-state index in [-0.39, 0.29) is 18.8 Å². The van der Waals surface area contributed by atoms with Gasteiger partial charge >= 0.3 is 11.9 Å². The van der Waals surface area contributed by atoms with Crippen LogP contribution in [0, 0.1) is 5.92 Å². The van der Waals surface area contributed by atoms with Gasteiger partial charge in [0.05, 0.1) is 12.5 Å². The van der Waals surface area contributed by atoms with Crippen LogP contribution < -0.4 is 21.7 Å². The van der Waals surface area contributed by atoms with Gasteiger partial charge in [-0.2, -0.15) is 11.8 Å². The second kappa shape index (κ2) is 15.1. The molecule has 12 nitrogen and oxygen atoms in total. The van der Waals surface area contributed by atoms with E-state index in [1.54, 1.807) is 19.4 Å². The topological polar surface area (TPSA) is 204 Å². The summed E-state index contributed by atoms with van der Waals surface area (Å²) in [5.74, 6) is -4.72. The van der Waals surface area contributed by atoms with Crippen molar-refractivity contribution in [3.8, 4) is 0 Å². The zero-order valence-electron chi connectivity index (χ0n) is 22.2. The first-order valence-electron chi connectivity index (χ1n) is 12.6. The third-order valence-electron chi connectivity index (χ3n) is 6.48. The van der Waals surface area contributed by atoms with E-state index in [1.807, 2.05) is 31.2 Å².